The lowest BCUT2D eigenvalue weighted by Crippen LogP contribution is -2.45. The van der Waals surface area contributed by atoms with Crippen molar-refractivity contribution in [1.82, 2.24) is 13.9 Å². The minimum atomic E-state index is -3.34. The third kappa shape index (κ3) is 5.65. The molecule has 0 bridgehead atoms. The van der Waals surface area contributed by atoms with E-state index in [1.807, 2.05) is 0 Å². The zero-order valence-electron chi connectivity index (χ0n) is 13.0. The molecule has 1 saturated heterocycles. The fourth-order valence-electron chi connectivity index (χ4n) is 2.44. The van der Waals surface area contributed by atoms with Crippen molar-refractivity contribution in [1.29, 1.82) is 0 Å². The monoisotopic (exact) mass is 307 g/mol. The van der Waals surface area contributed by atoms with Crippen molar-refractivity contribution < 1.29 is 13.2 Å². The highest BCUT2D eigenvalue weighted by Gasteiger charge is 2.26. The molecule has 0 amide bonds. The number of methoxy groups -OCH3 is 1. The molecular weight excluding hydrogens is 278 g/mol. The van der Waals surface area contributed by atoms with Crippen LogP contribution in [-0.2, 0) is 14.9 Å². The first-order valence-corrected chi connectivity index (χ1v) is 8.89. The average molecular weight is 307 g/mol. The fourth-order valence-corrected chi connectivity index (χ4v) is 3.43. The number of ether oxygens (including phenoxy) is 1. The van der Waals surface area contributed by atoms with Gasteiger partial charge in [0.05, 0.1) is 6.61 Å². The predicted molar refractivity (Wildman–Crippen MR) is 80.9 cm³/mol. The second-order valence-corrected chi connectivity index (χ2v) is 7.22. The second-order valence-electron chi connectivity index (χ2n) is 5.35. The van der Waals surface area contributed by atoms with Crippen molar-refractivity contribution in [2.75, 3.05) is 46.9 Å². The van der Waals surface area contributed by atoms with Crippen LogP contribution in [0.3, 0.4) is 0 Å². The van der Waals surface area contributed by atoms with Gasteiger partial charge in [-0.15, -0.1) is 0 Å². The highest BCUT2D eigenvalue weighted by Crippen LogP contribution is 2.16. The standard InChI is InChI=1S/C13H29N3O3S/c1-4-5-8-15(2)20(17,18)14-12-13-7-6-9-16(13)10-11-19-3/h13-14H,4-12H2,1-3H3/t13-/m1/s1. The van der Waals surface area contributed by atoms with E-state index in [-0.39, 0.29) is 0 Å². The molecule has 1 aliphatic heterocycles. The predicted octanol–water partition coefficient (Wildman–Crippen LogP) is 0.664. The lowest BCUT2D eigenvalue weighted by molar-refractivity contribution is 0.141. The van der Waals surface area contributed by atoms with Gasteiger partial charge in [0.1, 0.15) is 0 Å². The Morgan fingerprint density at radius 1 is 1.45 bits per heavy atom. The van der Waals surface area contributed by atoms with Crippen molar-refractivity contribution in [3.8, 4) is 0 Å². The Hall–Kier alpha value is -0.210. The van der Waals surface area contributed by atoms with Crippen molar-refractivity contribution in [3.05, 3.63) is 0 Å². The first-order chi connectivity index (χ1) is 9.51. The Labute approximate surface area is 123 Å². The van der Waals surface area contributed by atoms with Crippen LogP contribution >= 0.6 is 0 Å². The van der Waals surface area contributed by atoms with Crippen LogP contribution in [0.25, 0.3) is 0 Å². The van der Waals surface area contributed by atoms with Crippen molar-refractivity contribution in [2.24, 2.45) is 0 Å². The largest absolute Gasteiger partial charge is 0.383 e. The van der Waals surface area contributed by atoms with E-state index in [4.69, 9.17) is 4.74 Å². The van der Waals surface area contributed by atoms with Gasteiger partial charge >= 0.3 is 0 Å². The molecule has 1 rings (SSSR count). The van der Waals surface area contributed by atoms with Gasteiger partial charge in [-0.05, 0) is 25.8 Å². The Bertz CT molecular complexity index is 362. The maximum atomic E-state index is 12.1. The van der Waals surface area contributed by atoms with Gasteiger partial charge in [0.2, 0.25) is 0 Å². The minimum Gasteiger partial charge on any atom is -0.383 e. The molecule has 0 aromatic rings. The molecular formula is C13H29N3O3S. The summed E-state index contributed by atoms with van der Waals surface area (Å²) >= 11 is 0. The van der Waals surface area contributed by atoms with E-state index in [2.05, 4.69) is 16.5 Å². The number of hydrogen-bond acceptors (Lipinski definition) is 4. The summed E-state index contributed by atoms with van der Waals surface area (Å²) in [4.78, 5) is 2.30. The third-order valence-electron chi connectivity index (χ3n) is 3.82. The lowest BCUT2D eigenvalue weighted by Gasteiger charge is -2.25. The molecule has 0 saturated carbocycles. The number of nitrogens with one attached hydrogen (secondary N) is 1. The maximum Gasteiger partial charge on any atom is 0.279 e. The first kappa shape index (κ1) is 17.8. The molecule has 20 heavy (non-hydrogen) atoms. The summed E-state index contributed by atoms with van der Waals surface area (Å²) in [6, 6.07) is 0.291. The summed E-state index contributed by atoms with van der Waals surface area (Å²) < 4.78 is 33.4. The maximum absolute atomic E-state index is 12.1. The van der Waals surface area contributed by atoms with Gasteiger partial charge in [0, 0.05) is 39.8 Å². The molecule has 1 aliphatic rings. The van der Waals surface area contributed by atoms with E-state index in [1.54, 1.807) is 14.2 Å². The van der Waals surface area contributed by atoms with Crippen molar-refractivity contribution in [2.45, 2.75) is 38.6 Å². The molecule has 6 nitrogen and oxygen atoms in total. The van der Waals surface area contributed by atoms with Crippen LogP contribution in [0.1, 0.15) is 32.6 Å². The van der Waals surface area contributed by atoms with Crippen molar-refractivity contribution in [3.63, 3.8) is 0 Å². The summed E-state index contributed by atoms with van der Waals surface area (Å²) in [5, 5.41) is 0. The van der Waals surface area contributed by atoms with E-state index in [0.29, 0.717) is 25.7 Å². The Morgan fingerprint density at radius 2 is 2.20 bits per heavy atom. The van der Waals surface area contributed by atoms with Crippen LogP contribution in [0, 0.1) is 0 Å². The van der Waals surface area contributed by atoms with Gasteiger partial charge in [-0.2, -0.15) is 12.7 Å². The molecule has 1 atom stereocenters. The van der Waals surface area contributed by atoms with Gasteiger partial charge in [-0.25, -0.2) is 4.72 Å². The summed E-state index contributed by atoms with van der Waals surface area (Å²) in [6.45, 7) is 5.71. The number of hydrogen-bond donors (Lipinski definition) is 1. The van der Waals surface area contributed by atoms with Crippen LogP contribution in [0.5, 0.6) is 0 Å². The van der Waals surface area contributed by atoms with Gasteiger partial charge in [-0.3, -0.25) is 4.90 Å². The van der Waals surface area contributed by atoms with E-state index in [1.165, 1.54) is 4.31 Å². The number of nitrogens with zero attached hydrogens (tertiary/aromatic N) is 2. The summed E-state index contributed by atoms with van der Waals surface area (Å²) in [7, 11) is -0.0133. The third-order valence-corrected chi connectivity index (χ3v) is 5.35. The fraction of sp³-hybridized carbons (Fsp3) is 1.00. The van der Waals surface area contributed by atoms with Gasteiger partial charge in [0.25, 0.3) is 10.2 Å². The zero-order chi connectivity index (χ0) is 15.0. The van der Waals surface area contributed by atoms with Crippen LogP contribution in [0.2, 0.25) is 0 Å². The van der Waals surface area contributed by atoms with Crippen LogP contribution in [-0.4, -0.2) is 70.6 Å². The molecule has 0 aromatic heterocycles. The number of rotatable bonds is 10. The minimum absolute atomic E-state index is 0.291. The number of likely N-dealkylation sites (tertiary alicyclic amines) is 1. The lowest BCUT2D eigenvalue weighted by atomic mass is 10.2. The van der Waals surface area contributed by atoms with Crippen LogP contribution in [0.15, 0.2) is 0 Å². The molecule has 0 spiro atoms. The normalized spacial score (nSPS) is 20.9. The van der Waals surface area contributed by atoms with E-state index >= 15 is 0 Å². The van der Waals surface area contributed by atoms with E-state index in [0.717, 1.165) is 38.8 Å². The molecule has 1 fully saturated rings. The summed E-state index contributed by atoms with van der Waals surface area (Å²) in [5.74, 6) is 0. The average Bonchev–Trinajstić information content (AvgIpc) is 2.87. The SMILES string of the molecule is CCCCN(C)S(=O)(=O)NC[C@H]1CCCN1CCOC. The molecule has 1 N–H and O–H groups in total. The molecule has 1 heterocycles. The molecule has 0 aliphatic carbocycles. The highest BCUT2D eigenvalue weighted by molar-refractivity contribution is 7.87. The quantitative estimate of drug-likeness (QED) is 0.644. The second kappa shape index (κ2) is 8.94. The van der Waals surface area contributed by atoms with E-state index < -0.39 is 10.2 Å². The Morgan fingerprint density at radius 3 is 2.85 bits per heavy atom. The molecule has 120 valence electrons. The molecule has 0 radical (unpaired) electrons. The first-order valence-electron chi connectivity index (χ1n) is 7.45. The number of unbranched alkanes of at least 4 members (excludes halogenated alkanes) is 1. The van der Waals surface area contributed by atoms with Gasteiger partial charge in [0.15, 0.2) is 0 Å². The van der Waals surface area contributed by atoms with Gasteiger partial charge < -0.3 is 4.74 Å². The smallest absolute Gasteiger partial charge is 0.279 e. The van der Waals surface area contributed by atoms with Gasteiger partial charge in [-0.1, -0.05) is 13.3 Å². The summed E-state index contributed by atoms with van der Waals surface area (Å²) in [5.41, 5.74) is 0. The molecule has 0 aromatic carbocycles. The van der Waals surface area contributed by atoms with Crippen LogP contribution in [0.4, 0.5) is 0 Å². The van der Waals surface area contributed by atoms with E-state index in [9.17, 15) is 8.42 Å². The van der Waals surface area contributed by atoms with Crippen LogP contribution < -0.4 is 4.72 Å². The molecule has 0 unspecified atom stereocenters. The highest BCUT2D eigenvalue weighted by atomic mass is 32.2. The Kier molecular flexibility index (Phi) is 7.98. The summed E-state index contributed by atoms with van der Waals surface area (Å²) in [6.07, 6.45) is 4.06. The molecule has 7 heteroatoms. The topological polar surface area (TPSA) is 61.9 Å². The van der Waals surface area contributed by atoms with Crippen molar-refractivity contribution >= 4 is 10.2 Å². The zero-order valence-corrected chi connectivity index (χ0v) is 13.8. The Balaban J connectivity index is 2.40.